The van der Waals surface area contributed by atoms with Gasteiger partial charge in [-0.1, -0.05) is 23.5 Å². The van der Waals surface area contributed by atoms with Crippen LogP contribution >= 0.6 is 11.3 Å². The van der Waals surface area contributed by atoms with Crippen LogP contribution in [0.4, 0.5) is 8.78 Å². The Morgan fingerprint density at radius 1 is 1.13 bits per heavy atom. The number of benzene rings is 1. The molecular weight excluding hydrogens is 404 g/mol. The number of nitrogens with zero attached hydrogens (tertiary/aromatic N) is 3. The summed E-state index contributed by atoms with van der Waals surface area (Å²) in [5.74, 6) is 0.579. The molecule has 4 rings (SSSR count). The highest BCUT2D eigenvalue weighted by molar-refractivity contribution is 7.14. The lowest BCUT2D eigenvalue weighted by molar-refractivity contribution is -0.123. The molecule has 1 saturated carbocycles. The first-order chi connectivity index (χ1) is 14.5. The quantitative estimate of drug-likeness (QED) is 0.460. The second kappa shape index (κ2) is 9.25. The molecule has 30 heavy (non-hydrogen) atoms. The van der Waals surface area contributed by atoms with Gasteiger partial charge in [-0.2, -0.15) is 0 Å². The van der Waals surface area contributed by atoms with Gasteiger partial charge in [-0.3, -0.25) is 9.78 Å². The summed E-state index contributed by atoms with van der Waals surface area (Å²) >= 11 is 1.55. The van der Waals surface area contributed by atoms with E-state index in [9.17, 15) is 13.6 Å². The van der Waals surface area contributed by atoms with E-state index in [-0.39, 0.29) is 18.1 Å². The number of ketones is 1. The average Bonchev–Trinajstić information content (AvgIpc) is 3.18. The molecule has 0 bridgehead atoms. The molecule has 3 aromatic rings. The summed E-state index contributed by atoms with van der Waals surface area (Å²) in [4.78, 5) is 17.3. The first kappa shape index (κ1) is 21.0. The van der Waals surface area contributed by atoms with Crippen molar-refractivity contribution >= 4 is 27.9 Å². The molecule has 0 saturated heterocycles. The fourth-order valence-corrected chi connectivity index (χ4v) is 4.98. The van der Waals surface area contributed by atoms with E-state index in [0.29, 0.717) is 18.8 Å². The molecule has 0 atom stereocenters. The maximum Gasteiger partial charge on any atom is 0.238 e. The molecule has 158 valence electrons. The van der Waals surface area contributed by atoms with Crippen LogP contribution in [0.3, 0.4) is 0 Å². The van der Waals surface area contributed by atoms with Gasteiger partial charge in [0.1, 0.15) is 15.8 Å². The Kier molecular flexibility index (Phi) is 6.46. The molecule has 0 spiro atoms. The number of pyridine rings is 1. The number of rotatable bonds is 7. The van der Waals surface area contributed by atoms with E-state index in [4.69, 9.17) is 0 Å². The van der Waals surface area contributed by atoms with E-state index in [1.54, 1.807) is 11.3 Å². The lowest BCUT2D eigenvalue weighted by Crippen LogP contribution is -2.23. The fourth-order valence-electron chi connectivity index (χ4n) is 4.29. The lowest BCUT2D eigenvalue weighted by atomic mass is 9.77. The zero-order valence-electron chi connectivity index (χ0n) is 17.0. The molecule has 0 amide bonds. The number of alkyl halides is 2. The van der Waals surface area contributed by atoms with Crippen LogP contribution in [0.5, 0.6) is 0 Å². The Labute approximate surface area is 178 Å². The number of aryl methyl sites for hydroxylation is 1. The van der Waals surface area contributed by atoms with Crippen LogP contribution in [0.1, 0.15) is 49.2 Å². The van der Waals surface area contributed by atoms with Crippen molar-refractivity contribution in [1.82, 2.24) is 15.2 Å². The molecular formula is C23H25F2N3OS. The molecule has 2 heterocycles. The van der Waals surface area contributed by atoms with E-state index in [1.165, 1.54) is 0 Å². The summed E-state index contributed by atoms with van der Waals surface area (Å²) in [5.41, 5.74) is 1.79. The normalized spacial score (nSPS) is 19.5. The molecule has 2 aromatic heterocycles. The molecule has 1 aliphatic carbocycles. The highest BCUT2D eigenvalue weighted by Gasteiger charge is 2.26. The summed E-state index contributed by atoms with van der Waals surface area (Å²) in [5, 5.41) is 12.2. The zero-order valence-corrected chi connectivity index (χ0v) is 17.8. The van der Waals surface area contributed by atoms with Crippen molar-refractivity contribution in [2.45, 2.75) is 58.3 Å². The van der Waals surface area contributed by atoms with Crippen molar-refractivity contribution in [2.75, 3.05) is 0 Å². The number of fused-ring (bicyclic) bond motifs is 1. The van der Waals surface area contributed by atoms with Crippen molar-refractivity contribution in [1.29, 1.82) is 0 Å². The van der Waals surface area contributed by atoms with E-state index in [0.717, 1.165) is 57.7 Å². The van der Waals surface area contributed by atoms with Crippen LogP contribution in [0.2, 0.25) is 0 Å². The highest BCUT2D eigenvalue weighted by Crippen LogP contribution is 2.33. The number of carbonyl (C=O) groups is 1. The Hall–Kier alpha value is -2.28. The van der Waals surface area contributed by atoms with Crippen LogP contribution in [-0.2, 0) is 11.2 Å². The third-order valence-electron chi connectivity index (χ3n) is 6.00. The molecule has 1 fully saturated rings. The number of halogens is 2. The average molecular weight is 430 g/mol. The third-order valence-corrected chi connectivity index (χ3v) is 6.89. The largest absolute Gasteiger partial charge is 0.299 e. The molecule has 0 N–H and O–H groups in total. The maximum atomic E-state index is 12.8. The smallest absolute Gasteiger partial charge is 0.238 e. The minimum absolute atomic E-state index is 0.0249. The SMILES string of the molecule is Cc1nnc(-c2ccc3cnc(CC(=O)C4CCC(CCC(F)F)CC4)cc3c2)s1. The van der Waals surface area contributed by atoms with Gasteiger partial charge < -0.3 is 0 Å². The molecule has 1 aromatic carbocycles. The summed E-state index contributed by atoms with van der Waals surface area (Å²) in [7, 11) is 0. The first-order valence-corrected chi connectivity index (χ1v) is 11.3. The van der Waals surface area contributed by atoms with Crippen molar-refractivity contribution in [3.63, 3.8) is 0 Å². The van der Waals surface area contributed by atoms with Crippen LogP contribution in [0, 0.1) is 18.8 Å². The van der Waals surface area contributed by atoms with Crippen molar-refractivity contribution in [3.05, 3.63) is 41.2 Å². The minimum atomic E-state index is -2.22. The lowest BCUT2D eigenvalue weighted by Gasteiger charge is -2.27. The number of aromatic nitrogens is 3. The van der Waals surface area contributed by atoms with E-state index < -0.39 is 6.43 Å². The number of carbonyl (C=O) groups excluding carboxylic acids is 1. The standard InChI is InChI=1S/C23H25F2N3OS/c1-14-27-28-23(30-14)17-7-8-18-13-26-20(11-19(18)10-17)12-21(29)16-5-2-15(3-6-16)4-9-22(24)25/h7-8,10-11,13,15-16,22H,2-6,9,12H2,1H3. The molecule has 1 aliphatic rings. The van der Waals surface area contributed by atoms with E-state index in [1.807, 2.05) is 31.3 Å². The van der Waals surface area contributed by atoms with E-state index >= 15 is 0 Å². The monoisotopic (exact) mass is 429 g/mol. The molecule has 4 nitrogen and oxygen atoms in total. The third kappa shape index (κ3) is 5.06. The van der Waals surface area contributed by atoms with Crippen LogP contribution in [0.25, 0.3) is 21.3 Å². The van der Waals surface area contributed by atoms with Crippen LogP contribution in [0.15, 0.2) is 30.5 Å². The number of hydrogen-bond acceptors (Lipinski definition) is 5. The highest BCUT2D eigenvalue weighted by atomic mass is 32.1. The van der Waals surface area contributed by atoms with Gasteiger partial charge in [0.2, 0.25) is 6.43 Å². The minimum Gasteiger partial charge on any atom is -0.299 e. The maximum absolute atomic E-state index is 12.8. The van der Waals surface area contributed by atoms with Crippen molar-refractivity contribution in [2.24, 2.45) is 11.8 Å². The summed E-state index contributed by atoms with van der Waals surface area (Å²) in [6.45, 7) is 1.93. The summed E-state index contributed by atoms with van der Waals surface area (Å²) in [6, 6.07) is 8.08. The summed E-state index contributed by atoms with van der Waals surface area (Å²) in [6.07, 6.45) is 3.82. The van der Waals surface area contributed by atoms with Crippen molar-refractivity contribution < 1.29 is 13.6 Å². The van der Waals surface area contributed by atoms with Gasteiger partial charge in [0.25, 0.3) is 0 Å². The first-order valence-electron chi connectivity index (χ1n) is 10.5. The fraction of sp³-hybridized carbons (Fsp3) is 0.478. The zero-order chi connectivity index (χ0) is 21.1. The predicted octanol–water partition coefficient (Wildman–Crippen LogP) is 6.03. The van der Waals surface area contributed by atoms with Crippen LogP contribution in [-0.4, -0.2) is 27.4 Å². The van der Waals surface area contributed by atoms with Crippen LogP contribution < -0.4 is 0 Å². The van der Waals surface area contributed by atoms with Gasteiger partial charge in [-0.25, -0.2) is 8.78 Å². The molecule has 0 radical (unpaired) electrons. The van der Waals surface area contributed by atoms with Gasteiger partial charge in [0, 0.05) is 41.6 Å². The second-order valence-electron chi connectivity index (χ2n) is 8.19. The Morgan fingerprint density at radius 2 is 1.93 bits per heavy atom. The molecule has 7 heteroatoms. The molecule has 0 unspecified atom stereocenters. The molecule has 0 aliphatic heterocycles. The second-order valence-corrected chi connectivity index (χ2v) is 9.37. The van der Waals surface area contributed by atoms with Gasteiger partial charge in [0.15, 0.2) is 0 Å². The van der Waals surface area contributed by atoms with Gasteiger partial charge >= 0.3 is 0 Å². The Morgan fingerprint density at radius 3 is 2.63 bits per heavy atom. The number of Topliss-reactive ketones (excluding diaryl/α,β-unsaturated/α-hetero) is 1. The Bertz CT molecular complexity index is 1030. The topological polar surface area (TPSA) is 55.7 Å². The summed E-state index contributed by atoms with van der Waals surface area (Å²) < 4.78 is 24.8. The van der Waals surface area contributed by atoms with Gasteiger partial charge in [-0.15, -0.1) is 10.2 Å². The van der Waals surface area contributed by atoms with Gasteiger partial charge in [-0.05, 0) is 62.5 Å². The predicted molar refractivity (Wildman–Crippen MR) is 115 cm³/mol. The van der Waals surface area contributed by atoms with Gasteiger partial charge in [0.05, 0.1) is 0 Å². The van der Waals surface area contributed by atoms with Crippen molar-refractivity contribution in [3.8, 4) is 10.6 Å². The van der Waals surface area contributed by atoms with E-state index in [2.05, 4.69) is 21.2 Å². The Balaban J connectivity index is 1.40. The number of hydrogen-bond donors (Lipinski definition) is 0.